The molecule has 2 atom stereocenters. The Hall–Kier alpha value is -3.43. The molecule has 0 aromatic carbocycles. The van der Waals surface area contributed by atoms with Crippen LogP contribution in [0.3, 0.4) is 0 Å². The van der Waals surface area contributed by atoms with Crippen LogP contribution in [0.25, 0.3) is 5.65 Å². The van der Waals surface area contributed by atoms with Crippen molar-refractivity contribution in [1.82, 2.24) is 24.9 Å². The molecule has 2 aliphatic rings. The third-order valence-electron chi connectivity index (χ3n) is 4.90. The van der Waals surface area contributed by atoms with Crippen LogP contribution in [0.15, 0.2) is 30.6 Å². The Bertz CT molecular complexity index is 1080. The van der Waals surface area contributed by atoms with Crippen LogP contribution < -0.4 is 20.7 Å². The lowest BCUT2D eigenvalue weighted by atomic mass is 10.3. The van der Waals surface area contributed by atoms with Gasteiger partial charge in [-0.15, -0.1) is 0 Å². The molecular formula is C19H20FN7O2. The first-order valence-electron chi connectivity index (χ1n) is 9.48. The third-order valence-corrected chi connectivity index (χ3v) is 4.90. The van der Waals surface area contributed by atoms with Gasteiger partial charge < -0.3 is 20.7 Å². The molecule has 3 aromatic rings. The van der Waals surface area contributed by atoms with Gasteiger partial charge >= 0.3 is 0 Å². The highest BCUT2D eigenvalue weighted by Crippen LogP contribution is 2.30. The predicted octanol–water partition coefficient (Wildman–Crippen LogP) is 2.29. The first-order chi connectivity index (χ1) is 14.1. The van der Waals surface area contributed by atoms with E-state index < -0.39 is 12.2 Å². The van der Waals surface area contributed by atoms with E-state index in [-0.39, 0.29) is 5.91 Å². The summed E-state index contributed by atoms with van der Waals surface area (Å²) < 4.78 is 20.1. The Morgan fingerprint density at radius 3 is 2.93 bits per heavy atom. The van der Waals surface area contributed by atoms with Crippen molar-refractivity contribution in [3.63, 3.8) is 0 Å². The number of rotatable bonds is 7. The van der Waals surface area contributed by atoms with Gasteiger partial charge in [0.25, 0.3) is 5.91 Å². The topological polar surface area (TPSA) is 105 Å². The van der Waals surface area contributed by atoms with Gasteiger partial charge in [-0.05, 0) is 25.0 Å². The molecule has 3 heterocycles. The van der Waals surface area contributed by atoms with Gasteiger partial charge in [0.15, 0.2) is 5.65 Å². The zero-order chi connectivity index (χ0) is 20.0. The van der Waals surface area contributed by atoms with Gasteiger partial charge in [-0.25, -0.2) is 14.4 Å². The first-order valence-corrected chi connectivity index (χ1v) is 9.48. The number of amides is 1. The van der Waals surface area contributed by atoms with Gasteiger partial charge in [0.1, 0.15) is 29.1 Å². The summed E-state index contributed by atoms with van der Waals surface area (Å²) in [7, 11) is 1.54. The molecule has 0 bridgehead atoms. The molecule has 1 amide bonds. The molecule has 2 fully saturated rings. The number of nitrogens with one attached hydrogen (secondary N) is 3. The number of carbonyl (C=O) groups excluding carboxylic acids is 1. The molecule has 29 heavy (non-hydrogen) atoms. The van der Waals surface area contributed by atoms with Crippen LogP contribution >= 0.6 is 0 Å². The van der Waals surface area contributed by atoms with E-state index in [2.05, 4.69) is 31.0 Å². The minimum atomic E-state index is -0.976. The molecule has 10 heteroatoms. The van der Waals surface area contributed by atoms with E-state index in [0.717, 1.165) is 18.7 Å². The van der Waals surface area contributed by atoms with Crippen molar-refractivity contribution in [2.75, 3.05) is 17.7 Å². The fraction of sp³-hybridized carbons (Fsp3) is 0.368. The second-order valence-corrected chi connectivity index (χ2v) is 7.26. The maximum Gasteiger partial charge on any atom is 0.257 e. The van der Waals surface area contributed by atoms with E-state index in [0.29, 0.717) is 41.1 Å². The Labute approximate surface area is 165 Å². The highest BCUT2D eigenvalue weighted by Gasteiger charge is 2.39. The number of pyridine rings is 1. The summed E-state index contributed by atoms with van der Waals surface area (Å²) in [6.45, 7) is 0. The van der Waals surface area contributed by atoms with Crippen LogP contribution in [0.2, 0.25) is 0 Å². The quantitative estimate of drug-likeness (QED) is 0.562. The van der Waals surface area contributed by atoms with Gasteiger partial charge in [-0.1, -0.05) is 0 Å². The first kappa shape index (κ1) is 17.7. The lowest BCUT2D eigenvalue weighted by Gasteiger charge is -2.13. The molecule has 0 spiro atoms. The molecule has 0 radical (unpaired) electrons. The molecular weight excluding hydrogens is 377 g/mol. The number of aromatic nitrogens is 4. The van der Waals surface area contributed by atoms with Crippen molar-refractivity contribution in [2.45, 2.75) is 37.5 Å². The van der Waals surface area contributed by atoms with Gasteiger partial charge in [-0.3, -0.25) is 4.79 Å². The highest BCUT2D eigenvalue weighted by atomic mass is 19.1. The number of carbonyl (C=O) groups is 1. The number of nitrogens with zero attached hydrogens (tertiary/aromatic N) is 4. The van der Waals surface area contributed by atoms with Crippen LogP contribution in [-0.4, -0.2) is 50.9 Å². The third kappa shape index (κ3) is 3.53. The number of ether oxygens (including phenoxy) is 1. The van der Waals surface area contributed by atoms with Crippen LogP contribution in [0.1, 0.15) is 29.6 Å². The summed E-state index contributed by atoms with van der Waals surface area (Å²) in [6, 6.07) is 5.38. The fourth-order valence-electron chi connectivity index (χ4n) is 3.07. The number of anilines is 3. The molecule has 3 N–H and O–H groups in total. The summed E-state index contributed by atoms with van der Waals surface area (Å²) >= 11 is 0. The minimum Gasteiger partial charge on any atom is -0.480 e. The number of fused-ring (bicyclic) bond motifs is 1. The molecule has 9 nitrogen and oxygen atoms in total. The predicted molar refractivity (Wildman–Crippen MR) is 104 cm³/mol. The number of alkyl halides is 1. The van der Waals surface area contributed by atoms with Gasteiger partial charge in [0.05, 0.1) is 19.3 Å². The SMILES string of the molecule is COc1ncccc1Nc1cc(NC2CC2)n2ncc(C(=O)N[C@@H]3C[C@@H]3F)c2n1. The monoisotopic (exact) mass is 397 g/mol. The minimum absolute atomic E-state index is 0.296. The van der Waals surface area contributed by atoms with E-state index in [1.165, 1.54) is 6.20 Å². The molecule has 5 rings (SSSR count). The zero-order valence-corrected chi connectivity index (χ0v) is 15.7. The summed E-state index contributed by atoms with van der Waals surface area (Å²) in [5.41, 5.74) is 1.33. The van der Waals surface area contributed by atoms with Crippen molar-refractivity contribution in [1.29, 1.82) is 0 Å². The molecule has 2 aliphatic carbocycles. The standard InChI is InChI=1S/C19H20FN7O2/c1-29-19-13(3-2-6-21-19)24-15-8-16(23-10-4-5-10)27-17(26-15)11(9-22-27)18(28)25-14-7-12(14)20/h2-3,6,8-10,12,14,23H,4-5,7H2,1H3,(H,24,26)(H,25,28)/t12-,14+/m0/s1. The largest absolute Gasteiger partial charge is 0.480 e. The van der Waals surface area contributed by atoms with Gasteiger partial charge in [-0.2, -0.15) is 9.61 Å². The van der Waals surface area contributed by atoms with Crippen molar-refractivity contribution in [3.8, 4) is 5.88 Å². The van der Waals surface area contributed by atoms with Crippen LogP contribution in [0.4, 0.5) is 21.7 Å². The Balaban J connectivity index is 1.52. The second kappa shape index (κ2) is 6.87. The van der Waals surface area contributed by atoms with Crippen LogP contribution in [0.5, 0.6) is 5.88 Å². The second-order valence-electron chi connectivity index (χ2n) is 7.26. The molecule has 0 aliphatic heterocycles. The molecule has 2 saturated carbocycles. The zero-order valence-electron chi connectivity index (χ0n) is 15.7. The van der Waals surface area contributed by atoms with Crippen LogP contribution in [-0.2, 0) is 0 Å². The van der Waals surface area contributed by atoms with Crippen molar-refractivity contribution < 1.29 is 13.9 Å². The summed E-state index contributed by atoms with van der Waals surface area (Å²) in [5, 5.41) is 13.6. The fourth-order valence-corrected chi connectivity index (χ4v) is 3.07. The van der Waals surface area contributed by atoms with E-state index in [9.17, 15) is 9.18 Å². The Morgan fingerprint density at radius 2 is 2.21 bits per heavy atom. The molecule has 0 saturated heterocycles. The highest BCUT2D eigenvalue weighted by molar-refractivity contribution is 6.00. The summed E-state index contributed by atoms with van der Waals surface area (Å²) in [6.07, 6.45) is 4.63. The number of methoxy groups -OCH3 is 1. The maximum absolute atomic E-state index is 13.2. The lowest BCUT2D eigenvalue weighted by Crippen LogP contribution is -2.27. The number of hydrogen-bond donors (Lipinski definition) is 3. The average Bonchev–Trinajstić information content (AvgIpc) is 3.61. The van der Waals surface area contributed by atoms with Gasteiger partial charge in [0, 0.05) is 24.7 Å². The Morgan fingerprint density at radius 1 is 1.38 bits per heavy atom. The smallest absolute Gasteiger partial charge is 0.257 e. The number of hydrogen-bond acceptors (Lipinski definition) is 7. The summed E-state index contributed by atoms with van der Waals surface area (Å²) in [5.74, 6) is 1.28. The van der Waals surface area contributed by atoms with E-state index in [1.807, 2.05) is 12.1 Å². The van der Waals surface area contributed by atoms with Gasteiger partial charge in [0.2, 0.25) is 5.88 Å². The van der Waals surface area contributed by atoms with E-state index >= 15 is 0 Å². The normalized spacial score (nSPS) is 20.3. The van der Waals surface area contributed by atoms with Crippen molar-refractivity contribution >= 4 is 28.9 Å². The Kier molecular flexibility index (Phi) is 4.18. The molecule has 0 unspecified atom stereocenters. The molecule has 150 valence electrons. The molecule has 3 aromatic heterocycles. The van der Waals surface area contributed by atoms with Crippen LogP contribution in [0, 0.1) is 0 Å². The average molecular weight is 397 g/mol. The van der Waals surface area contributed by atoms with E-state index in [4.69, 9.17) is 4.74 Å². The number of halogens is 1. The maximum atomic E-state index is 13.2. The lowest BCUT2D eigenvalue weighted by molar-refractivity contribution is 0.0949. The van der Waals surface area contributed by atoms with Crippen molar-refractivity contribution in [2.24, 2.45) is 0 Å². The van der Waals surface area contributed by atoms with E-state index in [1.54, 1.807) is 23.9 Å². The van der Waals surface area contributed by atoms with Crippen molar-refractivity contribution in [3.05, 3.63) is 36.2 Å². The summed E-state index contributed by atoms with van der Waals surface area (Å²) in [4.78, 5) is 21.3.